The molecule has 0 spiro atoms. The molecule has 3 heteroatoms. The van der Waals surface area contributed by atoms with Gasteiger partial charge in [0, 0.05) is 24.2 Å². The second-order valence-corrected chi connectivity index (χ2v) is 4.63. The second kappa shape index (κ2) is 5.24. The highest BCUT2D eigenvalue weighted by Crippen LogP contribution is 2.27. The molecule has 0 saturated heterocycles. The van der Waals surface area contributed by atoms with Crippen molar-refractivity contribution < 1.29 is 4.79 Å². The molecule has 0 unspecified atom stereocenters. The quantitative estimate of drug-likeness (QED) is 0.800. The molecule has 0 heterocycles. The average Bonchev–Trinajstić information content (AvgIpc) is 3.20. The van der Waals surface area contributed by atoms with Gasteiger partial charge in [-0.3, -0.25) is 4.79 Å². The lowest BCUT2D eigenvalue weighted by Gasteiger charge is -2.18. The number of benzene rings is 1. The summed E-state index contributed by atoms with van der Waals surface area (Å²) in [6.07, 6.45) is 2.24. The Labute approximate surface area is 108 Å². The number of carbonyl (C=O) groups is 1. The maximum atomic E-state index is 12.3. The van der Waals surface area contributed by atoms with Crippen molar-refractivity contribution in [1.29, 1.82) is 0 Å². The predicted molar refractivity (Wildman–Crippen MR) is 72.2 cm³/mol. The van der Waals surface area contributed by atoms with Gasteiger partial charge in [0.25, 0.3) is 5.91 Å². The molecule has 0 radical (unpaired) electrons. The van der Waals surface area contributed by atoms with Crippen LogP contribution in [0.5, 0.6) is 0 Å². The van der Waals surface area contributed by atoms with Crippen molar-refractivity contribution in [2.24, 2.45) is 5.73 Å². The fourth-order valence-electron chi connectivity index (χ4n) is 1.97. The van der Waals surface area contributed by atoms with Crippen LogP contribution in [-0.2, 0) is 0 Å². The summed E-state index contributed by atoms with van der Waals surface area (Å²) in [6.45, 7) is 2.27. The van der Waals surface area contributed by atoms with Crippen LogP contribution in [0.4, 0.5) is 0 Å². The number of amides is 1. The van der Waals surface area contributed by atoms with E-state index in [0.29, 0.717) is 12.6 Å². The van der Waals surface area contributed by atoms with Crippen molar-refractivity contribution in [3.8, 4) is 11.8 Å². The standard InChI is InChI=1S/C15H18N2O/c1-11-12(6-4-10-16)5-3-7-14(11)15(18)17(2)13-8-9-13/h3,5,7,13H,8-10,16H2,1-2H3. The molecular weight excluding hydrogens is 224 g/mol. The van der Waals surface area contributed by atoms with E-state index in [1.165, 1.54) is 0 Å². The van der Waals surface area contributed by atoms with E-state index in [-0.39, 0.29) is 5.91 Å². The third kappa shape index (κ3) is 2.55. The van der Waals surface area contributed by atoms with Gasteiger partial charge in [0.15, 0.2) is 0 Å². The van der Waals surface area contributed by atoms with Gasteiger partial charge in [-0.05, 0) is 37.5 Å². The van der Waals surface area contributed by atoms with Crippen LogP contribution in [0.2, 0.25) is 0 Å². The number of nitrogens with zero attached hydrogens (tertiary/aromatic N) is 1. The topological polar surface area (TPSA) is 46.3 Å². The number of hydrogen-bond donors (Lipinski definition) is 1. The summed E-state index contributed by atoms with van der Waals surface area (Å²) < 4.78 is 0. The van der Waals surface area contributed by atoms with Crippen molar-refractivity contribution in [2.45, 2.75) is 25.8 Å². The SMILES string of the molecule is Cc1c(C#CCN)cccc1C(=O)N(C)C1CC1. The van der Waals surface area contributed by atoms with Gasteiger partial charge in [0.1, 0.15) is 0 Å². The average molecular weight is 242 g/mol. The van der Waals surface area contributed by atoms with Gasteiger partial charge in [-0.25, -0.2) is 0 Å². The number of carbonyl (C=O) groups excluding carboxylic acids is 1. The van der Waals surface area contributed by atoms with Crippen LogP contribution < -0.4 is 5.73 Å². The van der Waals surface area contributed by atoms with E-state index in [1.54, 1.807) is 0 Å². The number of rotatable bonds is 2. The van der Waals surface area contributed by atoms with Gasteiger partial charge in [0.05, 0.1) is 6.54 Å². The minimum absolute atomic E-state index is 0.0893. The predicted octanol–water partition coefficient (Wildman–Crippen LogP) is 1.54. The molecule has 0 aliphatic heterocycles. The lowest BCUT2D eigenvalue weighted by molar-refractivity contribution is 0.0784. The molecule has 0 aromatic heterocycles. The van der Waals surface area contributed by atoms with Gasteiger partial charge in [0.2, 0.25) is 0 Å². The molecule has 3 nitrogen and oxygen atoms in total. The maximum Gasteiger partial charge on any atom is 0.254 e. The molecule has 1 aliphatic carbocycles. The Morgan fingerprint density at radius 2 is 2.22 bits per heavy atom. The minimum Gasteiger partial charge on any atom is -0.339 e. The Hall–Kier alpha value is -1.79. The summed E-state index contributed by atoms with van der Waals surface area (Å²) in [4.78, 5) is 14.2. The summed E-state index contributed by atoms with van der Waals surface area (Å²) in [5.74, 6) is 5.92. The van der Waals surface area contributed by atoms with Crippen LogP contribution in [0.3, 0.4) is 0 Å². The Morgan fingerprint density at radius 3 is 2.83 bits per heavy atom. The Kier molecular flexibility index (Phi) is 3.69. The normalized spacial score (nSPS) is 13.7. The summed E-state index contributed by atoms with van der Waals surface area (Å²) in [6, 6.07) is 6.09. The lowest BCUT2D eigenvalue weighted by Crippen LogP contribution is -2.29. The minimum atomic E-state index is 0.0893. The summed E-state index contributed by atoms with van der Waals surface area (Å²) in [5.41, 5.74) is 7.94. The number of hydrogen-bond acceptors (Lipinski definition) is 2. The van der Waals surface area contributed by atoms with Crippen LogP contribution in [0.25, 0.3) is 0 Å². The molecule has 2 N–H and O–H groups in total. The first-order valence-corrected chi connectivity index (χ1v) is 6.21. The maximum absolute atomic E-state index is 12.3. The third-order valence-corrected chi connectivity index (χ3v) is 3.30. The summed E-state index contributed by atoms with van der Waals surface area (Å²) in [7, 11) is 1.87. The largest absolute Gasteiger partial charge is 0.339 e. The summed E-state index contributed by atoms with van der Waals surface area (Å²) in [5, 5.41) is 0. The zero-order chi connectivity index (χ0) is 13.1. The first-order chi connectivity index (χ1) is 8.65. The smallest absolute Gasteiger partial charge is 0.254 e. The zero-order valence-corrected chi connectivity index (χ0v) is 10.9. The molecule has 1 aromatic rings. The molecule has 1 saturated carbocycles. The Balaban J connectivity index is 2.30. The van der Waals surface area contributed by atoms with Crippen LogP contribution >= 0.6 is 0 Å². The summed E-state index contributed by atoms with van der Waals surface area (Å²) >= 11 is 0. The highest BCUT2D eigenvalue weighted by molar-refractivity contribution is 5.96. The first kappa shape index (κ1) is 12.7. The van der Waals surface area contributed by atoms with E-state index < -0.39 is 0 Å². The number of nitrogens with two attached hydrogens (primary N) is 1. The third-order valence-electron chi connectivity index (χ3n) is 3.30. The van der Waals surface area contributed by atoms with Crippen molar-refractivity contribution in [3.05, 3.63) is 34.9 Å². The van der Waals surface area contributed by atoms with Crippen molar-refractivity contribution in [2.75, 3.05) is 13.6 Å². The lowest BCUT2D eigenvalue weighted by atomic mass is 10.0. The molecule has 94 valence electrons. The Morgan fingerprint density at radius 1 is 1.50 bits per heavy atom. The van der Waals surface area contributed by atoms with E-state index in [4.69, 9.17) is 5.73 Å². The van der Waals surface area contributed by atoms with Crippen molar-refractivity contribution >= 4 is 5.91 Å². The Bertz CT molecular complexity index is 521. The molecular formula is C15H18N2O. The monoisotopic (exact) mass is 242 g/mol. The second-order valence-electron chi connectivity index (χ2n) is 4.63. The highest BCUT2D eigenvalue weighted by atomic mass is 16.2. The van der Waals surface area contributed by atoms with Crippen LogP contribution in [-0.4, -0.2) is 30.4 Å². The molecule has 0 atom stereocenters. The molecule has 2 rings (SSSR count). The zero-order valence-electron chi connectivity index (χ0n) is 10.9. The molecule has 1 aliphatic rings. The van der Waals surface area contributed by atoms with E-state index in [2.05, 4.69) is 11.8 Å². The highest BCUT2D eigenvalue weighted by Gasteiger charge is 2.30. The van der Waals surface area contributed by atoms with E-state index >= 15 is 0 Å². The molecule has 1 fully saturated rings. The van der Waals surface area contributed by atoms with Gasteiger partial charge in [-0.2, -0.15) is 0 Å². The fourth-order valence-corrected chi connectivity index (χ4v) is 1.97. The molecule has 18 heavy (non-hydrogen) atoms. The molecule has 1 aromatic carbocycles. The molecule has 1 amide bonds. The van der Waals surface area contributed by atoms with E-state index in [9.17, 15) is 4.79 Å². The first-order valence-electron chi connectivity index (χ1n) is 6.21. The van der Waals surface area contributed by atoms with Gasteiger partial charge in [-0.1, -0.05) is 17.9 Å². The van der Waals surface area contributed by atoms with Crippen molar-refractivity contribution in [3.63, 3.8) is 0 Å². The van der Waals surface area contributed by atoms with Crippen molar-refractivity contribution in [1.82, 2.24) is 4.90 Å². The van der Waals surface area contributed by atoms with Gasteiger partial charge >= 0.3 is 0 Å². The van der Waals surface area contributed by atoms with Crippen LogP contribution in [0.15, 0.2) is 18.2 Å². The van der Waals surface area contributed by atoms with Gasteiger partial charge in [-0.15, -0.1) is 0 Å². The van der Waals surface area contributed by atoms with Crippen LogP contribution in [0.1, 0.15) is 34.3 Å². The van der Waals surface area contributed by atoms with Gasteiger partial charge < -0.3 is 10.6 Å². The van der Waals surface area contributed by atoms with Crippen LogP contribution in [0, 0.1) is 18.8 Å². The fraction of sp³-hybridized carbons (Fsp3) is 0.400. The molecule has 0 bridgehead atoms. The van der Waals surface area contributed by atoms with E-state index in [0.717, 1.165) is 29.5 Å². The van der Waals surface area contributed by atoms with E-state index in [1.807, 2.05) is 37.1 Å².